The number of benzene rings is 8. The third kappa shape index (κ3) is 22.2. The van der Waals surface area contributed by atoms with Gasteiger partial charge in [-0.1, -0.05) is 85.9 Å². The third-order valence-electron chi connectivity index (χ3n) is 16.9. The number of nitrogens with zero attached hydrogens (tertiary/aromatic N) is 10. The highest BCUT2D eigenvalue weighted by atomic mass is 79.9. The molecule has 41 heteroatoms. The molecule has 0 saturated carbocycles. The summed E-state index contributed by atoms with van der Waals surface area (Å²) < 4.78 is 258. The number of halogens is 15. The van der Waals surface area contributed by atoms with Crippen LogP contribution in [0.2, 0.25) is 0 Å². The molecule has 8 aromatic carbocycles. The molecule has 0 amide bonds. The first kappa shape index (κ1) is 89.5. The van der Waals surface area contributed by atoms with Crippen LogP contribution >= 0.6 is 47.8 Å². The van der Waals surface area contributed by atoms with Crippen molar-refractivity contribution < 1.29 is 86.4 Å². The van der Waals surface area contributed by atoms with Crippen molar-refractivity contribution >= 4 is 93.6 Å². The molecule has 0 atom stereocenters. The Morgan fingerprint density at radius 1 is 0.357 bits per heavy atom. The number of anilines is 1. The van der Waals surface area contributed by atoms with Crippen molar-refractivity contribution in [3.63, 3.8) is 0 Å². The van der Waals surface area contributed by atoms with E-state index in [1.807, 2.05) is 70.1 Å². The molecule has 0 aliphatic heterocycles. The normalized spacial score (nSPS) is 12.4. The number of sulfonamides is 4. The van der Waals surface area contributed by atoms with E-state index in [4.69, 9.17) is 20.6 Å². The number of rotatable bonds is 16. The first-order valence-corrected chi connectivity index (χ1v) is 41.6. The monoisotopic (exact) mass is 1870 g/mol. The quantitative estimate of drug-likeness (QED) is 0.0654. The molecule has 22 nitrogen and oxygen atoms in total. The van der Waals surface area contributed by atoms with Crippen LogP contribution in [0, 0.1) is 13.8 Å². The molecule has 0 aliphatic rings. The molecule has 610 valence electrons. The Morgan fingerprint density at radius 2 is 0.617 bits per heavy atom. The largest absolute Gasteiger partial charge is 0.435 e. The fourth-order valence-corrected chi connectivity index (χ4v) is 14.4. The van der Waals surface area contributed by atoms with Gasteiger partial charge in [0.05, 0.1) is 65.1 Å². The molecule has 0 radical (unpaired) electrons. The van der Waals surface area contributed by atoms with Crippen molar-refractivity contribution in [3.8, 4) is 67.8 Å². The summed E-state index contributed by atoms with van der Waals surface area (Å²) in [5.74, 6) is 0.196. The van der Waals surface area contributed by atoms with Crippen molar-refractivity contribution in [3.05, 3.63) is 253 Å². The predicted molar refractivity (Wildman–Crippen MR) is 420 cm³/mol. The first-order valence-electron chi connectivity index (χ1n) is 33.1. The van der Waals surface area contributed by atoms with Gasteiger partial charge < -0.3 is 9.80 Å². The van der Waals surface area contributed by atoms with Gasteiger partial charge in [-0.25, -0.2) is 73.0 Å². The predicted octanol–water partition coefficient (Wildman–Crippen LogP) is 17.0. The van der Waals surface area contributed by atoms with Crippen LogP contribution in [0.3, 0.4) is 0 Å². The molecule has 0 bridgehead atoms. The number of primary sulfonamides is 4. The van der Waals surface area contributed by atoms with Gasteiger partial charge in [0, 0.05) is 62.0 Å². The average molecular weight is 1880 g/mol. The highest BCUT2D eigenvalue weighted by Crippen LogP contribution is 2.42. The minimum absolute atomic E-state index is 0.135. The molecule has 0 spiro atoms. The third-order valence-corrected chi connectivity index (χ3v) is 22.1. The highest BCUT2D eigenvalue weighted by molar-refractivity contribution is 9.11. The van der Waals surface area contributed by atoms with E-state index in [9.17, 15) is 86.4 Å². The lowest BCUT2D eigenvalue weighted by atomic mass is 9.96. The van der Waals surface area contributed by atoms with Crippen molar-refractivity contribution in [2.45, 2.75) is 84.4 Å². The Bertz CT molecular complexity index is 6060. The number of alkyl halides is 12. The Kier molecular flexibility index (Phi) is 26.8. The van der Waals surface area contributed by atoms with E-state index in [1.54, 1.807) is 68.4 Å². The van der Waals surface area contributed by atoms with Crippen LogP contribution in [0.15, 0.2) is 227 Å². The average Bonchev–Trinajstić information content (AvgIpc) is 1.66. The van der Waals surface area contributed by atoms with Crippen LogP contribution < -0.4 is 25.5 Å². The van der Waals surface area contributed by atoms with Crippen LogP contribution in [0.5, 0.6) is 0 Å². The lowest BCUT2D eigenvalue weighted by molar-refractivity contribution is -0.142. The summed E-state index contributed by atoms with van der Waals surface area (Å²) in [5, 5.41) is 35.3. The van der Waals surface area contributed by atoms with E-state index >= 15 is 0 Å². The second kappa shape index (κ2) is 34.4. The summed E-state index contributed by atoms with van der Waals surface area (Å²) in [4.78, 5) is 3.10. The number of hydrogen-bond donors (Lipinski definition) is 4. The van der Waals surface area contributed by atoms with Gasteiger partial charge in [-0.3, -0.25) is 0 Å². The van der Waals surface area contributed by atoms with E-state index in [1.165, 1.54) is 102 Å². The maximum absolute atomic E-state index is 13.4. The Balaban J connectivity index is 0.000000176. The standard InChI is InChI=1S/C20H20F3N3O2S.C19H18BrF3N4O2S.C18H16BrF3N4O2S.C17H13BrF3N3O2S/c1-12(2)14-5-4-13(3)17(10-14)18-11-19(20(21,22)23)25-26(18)15-6-8-16(9-7-15)29(24,27)28;1-26(2)11-12-3-4-13(20)9-16(12)17-10-18(19(21,22)23)25-27(17)14-5-7-15(8-6-14)30(24,28)29;1-25(2)15-8-3-11(19)9-14(15)16-10-17(18(20,21)22)24-26(16)12-4-6-13(7-5-12)29(23,27)28;1-10-2-3-11(18)8-14(10)15-9-16(17(19,20)21)23-24(15)12-4-6-13(7-5-12)27(22,25)26/h4-12H,1-3H3,(H2,24,27,28);3-10H,11H2,1-2H3,(H2,24,28,29);3-10H,1-2H3,(H2,23,27,28);2-9H,1H3,(H2,22,25,26). The molecular formula is C74H67Br3F12N14O8S4. The van der Waals surface area contributed by atoms with E-state index in [0.29, 0.717) is 47.9 Å². The molecular weight excluding hydrogens is 1810 g/mol. The molecule has 0 fully saturated rings. The SMILES string of the molecule is CN(C)Cc1ccc(Br)cc1-c1cc(C(F)(F)F)nn1-c1ccc(S(N)(=O)=O)cc1.CN(C)c1ccc(Br)cc1-c1cc(C(F)(F)F)nn1-c1ccc(S(N)(=O)=O)cc1.Cc1ccc(Br)cc1-c1cc(C(F)(F)F)nn1-c1ccc(S(N)(=O)=O)cc1.Cc1ccc(C(C)C)cc1-c1cc(C(F)(F)F)nn1-c1ccc(S(N)(=O)=O)cc1. The Morgan fingerprint density at radius 3 is 0.904 bits per heavy atom. The summed E-state index contributed by atoms with van der Waals surface area (Å²) in [6.45, 7) is 8.09. The summed E-state index contributed by atoms with van der Waals surface area (Å²) in [7, 11) is -8.41. The Labute approximate surface area is 677 Å². The fourth-order valence-electron chi connectivity index (χ4n) is 11.3. The number of aryl methyl sites for hydroxylation is 2. The smallest absolute Gasteiger partial charge is 0.377 e. The van der Waals surface area contributed by atoms with Crippen LogP contribution in [-0.4, -0.2) is 106 Å². The van der Waals surface area contributed by atoms with Gasteiger partial charge in [0.1, 0.15) is 0 Å². The first-order chi connectivity index (χ1) is 53.1. The molecule has 8 N–H and O–H groups in total. The zero-order valence-electron chi connectivity index (χ0n) is 61.1. The molecule has 0 saturated heterocycles. The number of nitrogens with two attached hydrogens (primary N) is 4. The second-order valence-corrected chi connectivity index (χ2v) is 35.2. The van der Waals surface area contributed by atoms with Crippen molar-refractivity contribution in [1.82, 2.24) is 44.0 Å². The van der Waals surface area contributed by atoms with Crippen molar-refractivity contribution in [2.75, 3.05) is 33.1 Å². The van der Waals surface area contributed by atoms with Gasteiger partial charge in [-0.15, -0.1) is 0 Å². The lowest BCUT2D eigenvalue weighted by Crippen LogP contribution is -2.13. The van der Waals surface area contributed by atoms with Crippen molar-refractivity contribution in [1.29, 1.82) is 0 Å². The van der Waals surface area contributed by atoms with E-state index in [2.05, 4.69) is 68.2 Å². The number of hydrogen-bond acceptors (Lipinski definition) is 14. The summed E-state index contributed by atoms with van der Waals surface area (Å²) in [6.07, 6.45) is -18.5. The Hall–Kier alpha value is -9.40. The van der Waals surface area contributed by atoms with Crippen LogP contribution in [0.4, 0.5) is 58.4 Å². The number of aromatic nitrogens is 8. The van der Waals surface area contributed by atoms with E-state index in [-0.39, 0.29) is 71.0 Å². The van der Waals surface area contributed by atoms with Gasteiger partial charge >= 0.3 is 24.7 Å². The minimum Gasteiger partial charge on any atom is -0.377 e. The maximum atomic E-state index is 13.4. The summed E-state index contributed by atoms with van der Waals surface area (Å²) >= 11 is 10.0. The van der Waals surface area contributed by atoms with Gasteiger partial charge in [0.15, 0.2) is 22.8 Å². The highest BCUT2D eigenvalue weighted by Gasteiger charge is 2.39. The molecule has 0 aliphatic carbocycles. The minimum atomic E-state index is -4.65. The van der Waals surface area contributed by atoms with E-state index < -0.39 is 87.6 Å². The molecule has 115 heavy (non-hydrogen) atoms. The zero-order valence-corrected chi connectivity index (χ0v) is 69.1. The van der Waals surface area contributed by atoms with E-state index in [0.717, 1.165) is 60.6 Å². The topological polar surface area (TPSA) is 318 Å². The lowest BCUT2D eigenvalue weighted by Gasteiger charge is -2.18. The van der Waals surface area contributed by atoms with Crippen LogP contribution in [0.1, 0.15) is 64.8 Å². The zero-order chi connectivity index (χ0) is 85.4. The van der Waals surface area contributed by atoms with Crippen LogP contribution in [-0.2, 0) is 71.3 Å². The second-order valence-electron chi connectivity index (χ2n) is 26.2. The molecule has 0 unspecified atom stereocenters. The molecule has 4 heterocycles. The van der Waals surface area contributed by atoms with Gasteiger partial charge in [-0.05, 0) is 226 Å². The van der Waals surface area contributed by atoms with Gasteiger partial charge in [0.25, 0.3) is 0 Å². The molecule has 12 aromatic rings. The fraction of sp³-hybridized carbons (Fsp3) is 0.189. The molecule has 12 rings (SSSR count). The van der Waals surface area contributed by atoms with Gasteiger partial charge in [-0.2, -0.15) is 73.1 Å². The van der Waals surface area contributed by atoms with Crippen molar-refractivity contribution in [2.24, 2.45) is 20.6 Å². The maximum Gasteiger partial charge on any atom is 0.435 e. The van der Waals surface area contributed by atoms with Gasteiger partial charge in [0.2, 0.25) is 40.1 Å². The summed E-state index contributed by atoms with van der Waals surface area (Å²) in [5.41, 5.74) is 4.10. The molecule has 4 aromatic heterocycles. The summed E-state index contributed by atoms with van der Waals surface area (Å²) in [6, 6.07) is 46.1. The van der Waals surface area contributed by atoms with Crippen LogP contribution in [0.25, 0.3) is 67.8 Å².